The number of aromatic nitrogens is 2. The summed E-state index contributed by atoms with van der Waals surface area (Å²) in [6, 6.07) is 12.4. The van der Waals surface area contributed by atoms with Crippen molar-refractivity contribution < 1.29 is 0 Å². The summed E-state index contributed by atoms with van der Waals surface area (Å²) in [5, 5.41) is 0.676. The second-order valence-electron chi connectivity index (χ2n) is 4.46. The van der Waals surface area contributed by atoms with Crippen molar-refractivity contribution in [2.45, 2.75) is 0 Å². The first-order valence-corrected chi connectivity index (χ1v) is 8.03. The van der Waals surface area contributed by atoms with Crippen molar-refractivity contribution in [3.63, 3.8) is 0 Å². The summed E-state index contributed by atoms with van der Waals surface area (Å²) < 4.78 is 4.24. The molecule has 0 saturated heterocycles. The first-order chi connectivity index (χ1) is 9.74. The van der Waals surface area contributed by atoms with E-state index in [-0.39, 0.29) is 0 Å². The fourth-order valence-corrected chi connectivity index (χ4v) is 3.87. The van der Waals surface area contributed by atoms with E-state index in [1.807, 2.05) is 6.07 Å². The van der Waals surface area contributed by atoms with Gasteiger partial charge in [-0.3, -0.25) is 4.98 Å². The SMILES string of the molecule is Clc1cc(-c2cccc3c2sc2cccn23)ncc1Br. The van der Waals surface area contributed by atoms with Crippen LogP contribution in [0.1, 0.15) is 0 Å². The first kappa shape index (κ1) is 12.4. The fourth-order valence-electron chi connectivity index (χ4n) is 2.34. The van der Waals surface area contributed by atoms with Gasteiger partial charge in [0.2, 0.25) is 0 Å². The van der Waals surface area contributed by atoms with E-state index in [2.05, 4.69) is 61.8 Å². The molecule has 0 aliphatic heterocycles. The highest BCUT2D eigenvalue weighted by Crippen LogP contribution is 2.36. The third-order valence-corrected chi connectivity index (χ3v) is 5.60. The highest BCUT2D eigenvalue weighted by molar-refractivity contribution is 9.10. The van der Waals surface area contributed by atoms with Crippen LogP contribution in [0.15, 0.2) is 53.3 Å². The van der Waals surface area contributed by atoms with Crippen molar-refractivity contribution in [3.8, 4) is 11.3 Å². The summed E-state index contributed by atoms with van der Waals surface area (Å²) in [6.07, 6.45) is 3.83. The van der Waals surface area contributed by atoms with E-state index in [1.165, 1.54) is 15.0 Å². The summed E-state index contributed by atoms with van der Waals surface area (Å²) in [5.41, 5.74) is 3.22. The quantitative estimate of drug-likeness (QED) is 0.428. The van der Waals surface area contributed by atoms with E-state index in [1.54, 1.807) is 17.5 Å². The van der Waals surface area contributed by atoms with Crippen LogP contribution in [0, 0.1) is 0 Å². The number of rotatable bonds is 1. The van der Waals surface area contributed by atoms with Crippen molar-refractivity contribution in [2.75, 3.05) is 0 Å². The van der Waals surface area contributed by atoms with Crippen LogP contribution in [0.25, 0.3) is 26.3 Å². The summed E-state index contributed by atoms with van der Waals surface area (Å²) in [4.78, 5) is 5.71. The van der Waals surface area contributed by atoms with Crippen LogP contribution in [0.4, 0.5) is 0 Å². The monoisotopic (exact) mass is 362 g/mol. The Morgan fingerprint density at radius 2 is 2.10 bits per heavy atom. The number of fused-ring (bicyclic) bond motifs is 3. The number of benzene rings is 1. The Labute approximate surface area is 132 Å². The van der Waals surface area contributed by atoms with Gasteiger partial charge in [0.05, 0.1) is 25.4 Å². The Kier molecular flexibility index (Phi) is 2.84. The molecule has 3 aromatic heterocycles. The van der Waals surface area contributed by atoms with Crippen molar-refractivity contribution in [1.82, 2.24) is 9.38 Å². The Morgan fingerprint density at radius 1 is 1.20 bits per heavy atom. The van der Waals surface area contributed by atoms with Gasteiger partial charge >= 0.3 is 0 Å². The van der Waals surface area contributed by atoms with E-state index in [0.29, 0.717) is 5.02 Å². The highest BCUT2D eigenvalue weighted by Gasteiger charge is 2.11. The zero-order valence-electron chi connectivity index (χ0n) is 10.2. The lowest BCUT2D eigenvalue weighted by atomic mass is 10.1. The lowest BCUT2D eigenvalue weighted by Gasteiger charge is -2.04. The van der Waals surface area contributed by atoms with Crippen LogP contribution in [-0.4, -0.2) is 9.38 Å². The van der Waals surface area contributed by atoms with Crippen LogP contribution in [0.3, 0.4) is 0 Å². The Balaban J connectivity index is 2.05. The van der Waals surface area contributed by atoms with Crippen LogP contribution >= 0.6 is 38.9 Å². The second kappa shape index (κ2) is 4.58. The molecule has 5 heteroatoms. The Bertz CT molecular complexity index is 942. The number of thiazole rings is 1. The van der Waals surface area contributed by atoms with E-state index < -0.39 is 0 Å². The number of pyridine rings is 1. The lowest BCUT2D eigenvalue weighted by molar-refractivity contribution is 1.30. The smallest absolute Gasteiger partial charge is 0.100 e. The summed E-state index contributed by atoms with van der Waals surface area (Å²) in [5.74, 6) is 0. The largest absolute Gasteiger partial charge is 0.307 e. The molecule has 4 rings (SSSR count). The zero-order chi connectivity index (χ0) is 13.7. The van der Waals surface area contributed by atoms with Crippen LogP contribution in [-0.2, 0) is 0 Å². The minimum atomic E-state index is 0.676. The van der Waals surface area contributed by atoms with Gasteiger partial charge in [0.15, 0.2) is 0 Å². The molecule has 20 heavy (non-hydrogen) atoms. The molecule has 0 atom stereocenters. The van der Waals surface area contributed by atoms with Crippen LogP contribution in [0.2, 0.25) is 5.02 Å². The average molecular weight is 364 g/mol. The lowest BCUT2D eigenvalue weighted by Crippen LogP contribution is -1.85. The van der Waals surface area contributed by atoms with Gasteiger partial charge in [-0.05, 0) is 40.2 Å². The van der Waals surface area contributed by atoms with E-state index in [4.69, 9.17) is 11.6 Å². The van der Waals surface area contributed by atoms with Crippen LogP contribution in [0.5, 0.6) is 0 Å². The molecule has 0 N–H and O–H groups in total. The summed E-state index contributed by atoms with van der Waals surface area (Å²) >= 11 is 11.3. The van der Waals surface area contributed by atoms with Gasteiger partial charge in [0, 0.05) is 18.0 Å². The van der Waals surface area contributed by atoms with E-state index >= 15 is 0 Å². The molecule has 0 unspecified atom stereocenters. The Hall–Kier alpha value is -1.36. The predicted octanol–water partition coefficient (Wildman–Crippen LogP) is 5.63. The van der Waals surface area contributed by atoms with Crippen molar-refractivity contribution >= 4 is 53.9 Å². The molecule has 0 radical (unpaired) electrons. The minimum Gasteiger partial charge on any atom is -0.307 e. The number of hydrogen-bond acceptors (Lipinski definition) is 2. The van der Waals surface area contributed by atoms with Gasteiger partial charge in [0.1, 0.15) is 4.83 Å². The molecule has 98 valence electrons. The molecule has 0 aliphatic rings. The molecule has 4 aromatic rings. The molecule has 0 spiro atoms. The zero-order valence-corrected chi connectivity index (χ0v) is 13.3. The molecule has 0 fully saturated rings. The maximum Gasteiger partial charge on any atom is 0.100 e. The first-order valence-electron chi connectivity index (χ1n) is 6.04. The third-order valence-electron chi connectivity index (χ3n) is 3.26. The normalized spacial score (nSPS) is 11.5. The maximum atomic E-state index is 6.18. The van der Waals surface area contributed by atoms with Crippen molar-refractivity contribution in [2.24, 2.45) is 0 Å². The molecule has 0 amide bonds. The van der Waals surface area contributed by atoms with E-state index in [9.17, 15) is 0 Å². The van der Waals surface area contributed by atoms with Gasteiger partial charge in [-0.25, -0.2) is 0 Å². The van der Waals surface area contributed by atoms with Gasteiger partial charge in [-0.2, -0.15) is 0 Å². The van der Waals surface area contributed by atoms with Crippen molar-refractivity contribution in [3.05, 3.63) is 58.3 Å². The molecular formula is C15H8BrClN2S. The topological polar surface area (TPSA) is 17.3 Å². The minimum absolute atomic E-state index is 0.676. The molecule has 0 aliphatic carbocycles. The van der Waals surface area contributed by atoms with Gasteiger partial charge in [0.25, 0.3) is 0 Å². The van der Waals surface area contributed by atoms with E-state index in [0.717, 1.165) is 15.7 Å². The maximum absolute atomic E-state index is 6.18. The van der Waals surface area contributed by atoms with Gasteiger partial charge < -0.3 is 4.40 Å². The molecular weight excluding hydrogens is 356 g/mol. The van der Waals surface area contributed by atoms with Crippen LogP contribution < -0.4 is 0 Å². The highest BCUT2D eigenvalue weighted by atomic mass is 79.9. The van der Waals surface area contributed by atoms with Crippen molar-refractivity contribution in [1.29, 1.82) is 0 Å². The molecule has 2 nitrogen and oxygen atoms in total. The molecule has 3 heterocycles. The Morgan fingerprint density at radius 3 is 2.95 bits per heavy atom. The third kappa shape index (κ3) is 1.79. The number of hydrogen-bond donors (Lipinski definition) is 0. The standard InChI is InChI=1S/C15H8BrClN2S/c16-10-8-18-12(7-11(10)17)9-3-1-4-13-15(9)20-14-5-2-6-19(13)14/h1-8H. The second-order valence-corrected chi connectivity index (χ2v) is 6.75. The van der Waals surface area contributed by atoms with Gasteiger partial charge in [-0.15, -0.1) is 11.3 Å². The van der Waals surface area contributed by atoms with Gasteiger partial charge in [-0.1, -0.05) is 23.7 Å². The average Bonchev–Trinajstić information content (AvgIpc) is 3.02. The molecule has 0 bridgehead atoms. The summed E-state index contributed by atoms with van der Waals surface area (Å²) in [6.45, 7) is 0. The summed E-state index contributed by atoms with van der Waals surface area (Å²) in [7, 11) is 0. The predicted molar refractivity (Wildman–Crippen MR) is 88.7 cm³/mol. The molecule has 1 aromatic carbocycles. The number of nitrogens with zero attached hydrogens (tertiary/aromatic N) is 2. The molecule has 0 saturated carbocycles. The number of halogens is 2. The fraction of sp³-hybridized carbons (Fsp3) is 0.